The van der Waals surface area contributed by atoms with Crippen molar-refractivity contribution in [1.82, 2.24) is 20.1 Å². The molecular weight excluding hydrogens is 1830 g/mol. The second-order valence-corrected chi connectivity index (χ2v) is 40.8. The molecule has 14 rings (SSSR count). The standard InChI is InChI=1S/2C31H36N2O3S.2C17H22O4S.C15H17N.2ClH/c1-24-16-18-29(19-17-24)37(34,35)33-31(28-14-7-4-8-15-28)30(27-12-5-3-6-13-27)32-20-21-36-23-26-11-9-10-25(2)22-26;1-24-13-17-26(18-14-24)23-36-22-21-32-30(27-9-5-3-6-10-27)31(28-11-7-4-8-12-28)33-37(34,35)29-19-15-25(2)16-20-29;1-14-3-7-16(8-4-14)13-20-11-12-21-22(18,19)17-9-5-15(2)6-10-17;1-14-6-8-17(9-7-14)22(18,19)21-11-10-20-13-16-5-3-4-15(2)12-16;1-12(13-8-4-2-5-9-13)15(16)14-10-6-3-7-11-14;;/h3-8,10-19,30-33H,9,20-23H2,1-2H3;3-13,15-16,18-20,30-33H,14,17,21-23H2,1-2H3;3,5-6,8-10H,4,7,11-13H2,1-2H3;4-9H,3,10-13H2,1-2H3;2-12,15H,16H2,1H3;2*1H/t2*30-,31-;;;12-,15+;;/m11..1../s1. The van der Waals surface area contributed by atoms with Crippen molar-refractivity contribution < 1.29 is 61.0 Å². The van der Waals surface area contributed by atoms with E-state index in [1.54, 1.807) is 72.8 Å². The Morgan fingerprint density at radius 3 is 0.868 bits per heavy atom. The Hall–Kier alpha value is -9.94. The van der Waals surface area contributed by atoms with Crippen LogP contribution in [0.5, 0.6) is 0 Å². The molecule has 0 heterocycles. The lowest BCUT2D eigenvalue weighted by Gasteiger charge is -2.30. The van der Waals surface area contributed by atoms with Gasteiger partial charge in [0, 0.05) is 25.0 Å². The number of nitrogens with one attached hydrogen (secondary N) is 4. The quantitative estimate of drug-likeness (QED) is 0.0135. The molecule has 4 aliphatic rings. The van der Waals surface area contributed by atoms with E-state index in [4.69, 9.17) is 33.0 Å². The molecule has 0 saturated carbocycles. The molecule has 6 N–H and O–H groups in total. The molecule has 0 unspecified atom stereocenters. The van der Waals surface area contributed by atoms with Gasteiger partial charge >= 0.3 is 0 Å². The van der Waals surface area contributed by atoms with Gasteiger partial charge in [0.2, 0.25) is 20.0 Å². The molecule has 19 nitrogen and oxygen atoms in total. The molecule has 4 aliphatic carbocycles. The van der Waals surface area contributed by atoms with E-state index in [0.717, 1.165) is 95.9 Å². The average Bonchev–Trinajstić information content (AvgIpc) is 0.806. The third-order valence-corrected chi connectivity index (χ3v) is 28.7. The van der Waals surface area contributed by atoms with E-state index < -0.39 is 52.4 Å². The highest BCUT2D eigenvalue weighted by molar-refractivity contribution is 7.90. The van der Waals surface area contributed by atoms with Crippen LogP contribution in [0.1, 0.15) is 178 Å². The Bertz CT molecular complexity index is 5980. The monoisotopic (exact) mass is 1960 g/mol. The van der Waals surface area contributed by atoms with Gasteiger partial charge in [-0.3, -0.25) is 8.37 Å². The summed E-state index contributed by atoms with van der Waals surface area (Å²) in [5.41, 5.74) is 27.1. The number of halogens is 2. The van der Waals surface area contributed by atoms with Crippen LogP contribution in [-0.4, -0.2) is 113 Å². The molecule has 0 radical (unpaired) electrons. The third-order valence-electron chi connectivity index (χ3n) is 23.1. The van der Waals surface area contributed by atoms with E-state index in [9.17, 15) is 33.7 Å². The summed E-state index contributed by atoms with van der Waals surface area (Å²) in [6, 6.07) is 85.5. The lowest BCUT2D eigenvalue weighted by molar-refractivity contribution is 0.117. The summed E-state index contributed by atoms with van der Waals surface area (Å²) in [4.78, 5) is 0.848. The summed E-state index contributed by atoms with van der Waals surface area (Å²) in [7, 11) is -14.9. The minimum Gasteiger partial charge on any atom is -0.376 e. The van der Waals surface area contributed by atoms with Gasteiger partial charge in [-0.15, -0.1) is 24.8 Å². The fourth-order valence-corrected chi connectivity index (χ4v) is 19.5. The van der Waals surface area contributed by atoms with Crippen molar-refractivity contribution in [2.45, 2.75) is 169 Å². The number of sulfonamides is 2. The minimum atomic E-state index is -3.77. The van der Waals surface area contributed by atoms with E-state index in [0.29, 0.717) is 58.6 Å². The molecular formula is C111H135Cl2N5O14S4. The van der Waals surface area contributed by atoms with Gasteiger partial charge in [-0.25, -0.2) is 26.3 Å². The molecule has 0 saturated heterocycles. The topological polar surface area (TPSA) is 266 Å². The number of benzene rings is 10. The van der Waals surface area contributed by atoms with Gasteiger partial charge < -0.3 is 35.3 Å². The average molecular weight is 1960 g/mol. The minimum absolute atomic E-state index is 0. The number of allylic oxidation sites excluding steroid dienone is 12. The first-order valence-corrected chi connectivity index (χ1v) is 51.6. The van der Waals surface area contributed by atoms with E-state index in [-0.39, 0.29) is 88.9 Å². The van der Waals surface area contributed by atoms with Crippen LogP contribution in [0.3, 0.4) is 0 Å². The molecule has 6 atom stereocenters. The zero-order valence-corrected chi connectivity index (χ0v) is 84.4. The van der Waals surface area contributed by atoms with E-state index in [1.807, 2.05) is 198 Å². The van der Waals surface area contributed by atoms with Crippen LogP contribution >= 0.6 is 24.8 Å². The molecule has 136 heavy (non-hydrogen) atoms. The molecule has 10 aromatic carbocycles. The maximum atomic E-state index is 13.5. The summed E-state index contributed by atoms with van der Waals surface area (Å²) in [5, 5.41) is 7.16. The summed E-state index contributed by atoms with van der Waals surface area (Å²) in [6.07, 6.45) is 25.3. The Morgan fingerprint density at radius 1 is 0.287 bits per heavy atom. The van der Waals surface area contributed by atoms with Crippen LogP contribution in [0.2, 0.25) is 0 Å². The van der Waals surface area contributed by atoms with Gasteiger partial charge in [0.1, 0.15) is 0 Å². The first-order valence-electron chi connectivity index (χ1n) is 45.9. The van der Waals surface area contributed by atoms with Crippen molar-refractivity contribution in [2.24, 2.45) is 5.73 Å². The lowest BCUT2D eigenvalue weighted by atomic mass is 9.89. The second-order valence-electron chi connectivity index (χ2n) is 34.1. The SMILES string of the molecule is CC1=CCC(COCCN[C@H](c2ccccc2)[C@H](NS(=O)(=O)c2ccc(C)cc2)c2ccccc2)=CC1.CC1=CCC(COCCOS(=O)(=O)c2ccc(C)cc2)=CC1.CC1=CCC=C(COCCN[C@H](c2ccccc2)[C@H](NS(=O)(=O)c2ccc(C)cc2)c2ccccc2)C1.CC1=CCC=C(COCCOS(=O)(=O)c2ccc(C)cc2)C1.C[C@H](c1ccccc1)[C@H](N)c1ccccc1.Cl.Cl. The molecule has 25 heteroatoms. The van der Waals surface area contributed by atoms with Gasteiger partial charge in [0.25, 0.3) is 20.2 Å². The van der Waals surface area contributed by atoms with Crippen molar-refractivity contribution in [2.75, 3.05) is 79.2 Å². The largest absolute Gasteiger partial charge is 0.376 e. The normalized spacial score (nSPS) is 15.1. The number of hydrogen-bond donors (Lipinski definition) is 5. The van der Waals surface area contributed by atoms with Gasteiger partial charge in [0.05, 0.1) is 110 Å². The highest BCUT2D eigenvalue weighted by Gasteiger charge is 2.32. The molecule has 0 aliphatic heterocycles. The molecule has 10 aromatic rings. The van der Waals surface area contributed by atoms with Gasteiger partial charge in [-0.2, -0.15) is 16.8 Å². The van der Waals surface area contributed by atoms with Crippen molar-refractivity contribution in [3.8, 4) is 0 Å². The molecule has 0 amide bonds. The highest BCUT2D eigenvalue weighted by atomic mass is 35.5. The van der Waals surface area contributed by atoms with Crippen LogP contribution in [0.25, 0.3) is 0 Å². The fraction of sp³-hybridized carbons (Fsp3) is 0.315. The summed E-state index contributed by atoms with van der Waals surface area (Å²) in [6.45, 7) is 23.4. The van der Waals surface area contributed by atoms with E-state index >= 15 is 0 Å². The maximum absolute atomic E-state index is 13.5. The Kier molecular flexibility index (Phi) is 47.5. The van der Waals surface area contributed by atoms with Crippen molar-refractivity contribution in [1.29, 1.82) is 0 Å². The van der Waals surface area contributed by atoms with Gasteiger partial charge in [-0.05, 0) is 211 Å². The Balaban J connectivity index is 0.000000215. The van der Waals surface area contributed by atoms with Gasteiger partial charge in [-0.1, -0.05) is 331 Å². The van der Waals surface area contributed by atoms with Crippen molar-refractivity contribution in [3.63, 3.8) is 0 Å². The summed E-state index contributed by atoms with van der Waals surface area (Å²) < 4.78 is 141. The fourth-order valence-electron chi connectivity index (χ4n) is 15.2. The molecule has 0 spiro atoms. The number of nitrogens with two attached hydrogens (primary N) is 1. The maximum Gasteiger partial charge on any atom is 0.297 e. The molecule has 0 fully saturated rings. The first-order chi connectivity index (χ1) is 64.6. The van der Waals surface area contributed by atoms with E-state index in [1.165, 1.54) is 55.7 Å². The van der Waals surface area contributed by atoms with Crippen LogP contribution in [0.15, 0.2) is 392 Å². The van der Waals surface area contributed by atoms with Crippen LogP contribution in [-0.2, 0) is 67.6 Å². The zero-order valence-electron chi connectivity index (χ0n) is 79.5. The molecule has 726 valence electrons. The highest BCUT2D eigenvalue weighted by Crippen LogP contribution is 2.35. The Labute approximate surface area is 822 Å². The predicted octanol–water partition coefficient (Wildman–Crippen LogP) is 23.2. The number of aryl methyl sites for hydroxylation is 4. The smallest absolute Gasteiger partial charge is 0.297 e. The number of ether oxygens (including phenoxy) is 4. The van der Waals surface area contributed by atoms with Crippen LogP contribution in [0, 0.1) is 27.7 Å². The Morgan fingerprint density at radius 2 is 0.566 bits per heavy atom. The van der Waals surface area contributed by atoms with Gasteiger partial charge in [0.15, 0.2) is 0 Å². The number of hydrogen-bond acceptors (Lipinski definition) is 17. The first kappa shape index (κ1) is 111. The van der Waals surface area contributed by atoms with Crippen molar-refractivity contribution in [3.05, 3.63) is 428 Å². The van der Waals surface area contributed by atoms with Crippen molar-refractivity contribution >= 4 is 65.1 Å². The molecule has 0 bridgehead atoms. The zero-order chi connectivity index (χ0) is 95.6. The lowest BCUT2D eigenvalue weighted by Crippen LogP contribution is -2.39. The second kappa shape index (κ2) is 58.1. The summed E-state index contributed by atoms with van der Waals surface area (Å²) >= 11 is 0. The third kappa shape index (κ3) is 38.1. The van der Waals surface area contributed by atoms with E-state index in [2.05, 4.69) is 140 Å². The van der Waals surface area contributed by atoms with Crippen LogP contribution < -0.4 is 25.8 Å². The molecule has 0 aromatic heterocycles. The summed E-state index contributed by atoms with van der Waals surface area (Å²) in [5.74, 6) is 0.337. The number of rotatable bonds is 41. The van der Waals surface area contributed by atoms with Crippen LogP contribution in [0.4, 0.5) is 0 Å². The predicted molar refractivity (Wildman–Crippen MR) is 555 cm³/mol.